The number of hydrogen-bond acceptors (Lipinski definition) is 3. The maximum atomic E-state index is 5.98. The Kier molecular flexibility index (Phi) is 3.80. The van der Waals surface area contributed by atoms with Gasteiger partial charge in [-0.1, -0.05) is 23.7 Å². The van der Waals surface area contributed by atoms with Crippen LogP contribution in [0.2, 0.25) is 5.02 Å². The number of aromatic amines is 1. The van der Waals surface area contributed by atoms with Crippen LogP contribution in [0.25, 0.3) is 0 Å². The van der Waals surface area contributed by atoms with Gasteiger partial charge in [0, 0.05) is 11.4 Å². The first kappa shape index (κ1) is 12.6. The standard InChI is InChI=1S/C14H17ClN4/c15-12-5-3-4-11(8-12)9-13-16-14(18-17-13)10-19-6-1-2-7-19/h3-5,8H,1-2,6-7,9-10H2,(H,16,17,18). The van der Waals surface area contributed by atoms with Crippen LogP contribution >= 0.6 is 11.6 Å². The average Bonchev–Trinajstić information content (AvgIpc) is 3.02. The summed E-state index contributed by atoms with van der Waals surface area (Å²) in [5, 5.41) is 8.06. The Morgan fingerprint density at radius 1 is 1.26 bits per heavy atom. The molecular weight excluding hydrogens is 260 g/mol. The molecule has 0 radical (unpaired) electrons. The SMILES string of the molecule is Clc1cccc(Cc2nc(CN3CCCC3)n[nH]2)c1. The molecule has 0 bridgehead atoms. The molecule has 4 nitrogen and oxygen atoms in total. The van der Waals surface area contributed by atoms with Gasteiger partial charge in [-0.3, -0.25) is 10.00 Å². The second-order valence-electron chi connectivity index (χ2n) is 4.99. The molecule has 0 spiro atoms. The number of rotatable bonds is 4. The molecule has 2 aromatic rings. The van der Waals surface area contributed by atoms with Gasteiger partial charge in [0.05, 0.1) is 6.54 Å². The maximum absolute atomic E-state index is 5.98. The largest absolute Gasteiger partial charge is 0.296 e. The van der Waals surface area contributed by atoms with Gasteiger partial charge in [-0.25, -0.2) is 4.98 Å². The third-order valence-corrected chi connectivity index (χ3v) is 3.64. The van der Waals surface area contributed by atoms with Crippen molar-refractivity contribution in [3.63, 3.8) is 0 Å². The lowest BCUT2D eigenvalue weighted by Gasteiger charge is -2.10. The summed E-state index contributed by atoms with van der Waals surface area (Å²) in [6, 6.07) is 7.85. The van der Waals surface area contributed by atoms with Crippen LogP contribution in [0.3, 0.4) is 0 Å². The van der Waals surface area contributed by atoms with E-state index >= 15 is 0 Å². The van der Waals surface area contributed by atoms with E-state index in [1.807, 2.05) is 18.2 Å². The normalized spacial score (nSPS) is 16.1. The van der Waals surface area contributed by atoms with Crippen LogP contribution in [0.15, 0.2) is 24.3 Å². The molecule has 19 heavy (non-hydrogen) atoms. The van der Waals surface area contributed by atoms with Crippen molar-refractivity contribution in [2.45, 2.75) is 25.8 Å². The molecule has 1 aliphatic rings. The molecule has 0 amide bonds. The smallest absolute Gasteiger partial charge is 0.164 e. The minimum atomic E-state index is 0.744. The highest BCUT2D eigenvalue weighted by molar-refractivity contribution is 6.30. The number of hydrogen-bond donors (Lipinski definition) is 1. The Bertz CT molecular complexity index is 546. The number of nitrogens with zero attached hydrogens (tertiary/aromatic N) is 3. The van der Waals surface area contributed by atoms with Crippen LogP contribution < -0.4 is 0 Å². The van der Waals surface area contributed by atoms with Gasteiger partial charge in [0.25, 0.3) is 0 Å². The van der Waals surface area contributed by atoms with Crippen molar-refractivity contribution in [2.24, 2.45) is 0 Å². The first-order valence-electron chi connectivity index (χ1n) is 6.66. The van der Waals surface area contributed by atoms with E-state index in [2.05, 4.69) is 26.1 Å². The van der Waals surface area contributed by atoms with Crippen molar-refractivity contribution in [1.29, 1.82) is 0 Å². The summed E-state index contributed by atoms with van der Waals surface area (Å²) in [6.07, 6.45) is 3.33. The van der Waals surface area contributed by atoms with Crippen LogP contribution in [0, 0.1) is 0 Å². The van der Waals surface area contributed by atoms with Crippen molar-refractivity contribution in [2.75, 3.05) is 13.1 Å². The number of benzene rings is 1. The van der Waals surface area contributed by atoms with Crippen LogP contribution in [0.5, 0.6) is 0 Å². The molecule has 0 saturated carbocycles. The van der Waals surface area contributed by atoms with Crippen LogP contribution in [-0.4, -0.2) is 33.2 Å². The summed E-state index contributed by atoms with van der Waals surface area (Å²) < 4.78 is 0. The highest BCUT2D eigenvalue weighted by atomic mass is 35.5. The molecule has 1 aromatic carbocycles. The highest BCUT2D eigenvalue weighted by Crippen LogP contribution is 2.14. The molecule has 0 unspecified atom stereocenters. The molecule has 1 N–H and O–H groups in total. The van der Waals surface area contributed by atoms with Gasteiger partial charge in [-0.15, -0.1) is 0 Å². The zero-order valence-electron chi connectivity index (χ0n) is 10.8. The molecule has 2 heterocycles. The summed E-state index contributed by atoms with van der Waals surface area (Å²) in [6.45, 7) is 3.18. The quantitative estimate of drug-likeness (QED) is 0.934. The van der Waals surface area contributed by atoms with Gasteiger partial charge in [0.1, 0.15) is 5.82 Å². The Hall–Kier alpha value is -1.39. The number of aromatic nitrogens is 3. The monoisotopic (exact) mass is 276 g/mol. The van der Waals surface area contributed by atoms with Crippen molar-refractivity contribution in [1.82, 2.24) is 20.1 Å². The molecule has 0 aliphatic carbocycles. The van der Waals surface area contributed by atoms with Gasteiger partial charge in [-0.2, -0.15) is 5.10 Å². The van der Waals surface area contributed by atoms with Crippen LogP contribution in [0.4, 0.5) is 0 Å². The van der Waals surface area contributed by atoms with Crippen LogP contribution in [0.1, 0.15) is 30.1 Å². The molecule has 0 atom stereocenters. The fraction of sp³-hybridized carbons (Fsp3) is 0.429. The zero-order valence-corrected chi connectivity index (χ0v) is 11.5. The summed E-state index contributed by atoms with van der Waals surface area (Å²) >= 11 is 5.98. The second-order valence-corrected chi connectivity index (χ2v) is 5.42. The second kappa shape index (κ2) is 5.72. The third-order valence-electron chi connectivity index (χ3n) is 3.40. The van der Waals surface area contributed by atoms with Gasteiger partial charge in [0.15, 0.2) is 5.82 Å². The van der Waals surface area contributed by atoms with E-state index in [9.17, 15) is 0 Å². The van der Waals surface area contributed by atoms with Crippen molar-refractivity contribution in [3.8, 4) is 0 Å². The molecule has 1 fully saturated rings. The highest BCUT2D eigenvalue weighted by Gasteiger charge is 2.14. The van der Waals surface area contributed by atoms with E-state index in [1.54, 1.807) is 0 Å². The lowest BCUT2D eigenvalue weighted by molar-refractivity contribution is 0.323. The Balaban J connectivity index is 1.64. The predicted octanol–water partition coefficient (Wildman–Crippen LogP) is 2.64. The minimum absolute atomic E-state index is 0.744. The fourth-order valence-electron chi connectivity index (χ4n) is 2.47. The lowest BCUT2D eigenvalue weighted by Crippen LogP contribution is -2.19. The first-order valence-corrected chi connectivity index (χ1v) is 7.04. The van der Waals surface area contributed by atoms with E-state index in [0.29, 0.717) is 0 Å². The third kappa shape index (κ3) is 3.33. The lowest BCUT2D eigenvalue weighted by atomic mass is 10.1. The van der Waals surface area contributed by atoms with E-state index in [1.165, 1.54) is 12.8 Å². The van der Waals surface area contributed by atoms with E-state index in [0.717, 1.165) is 48.3 Å². The zero-order chi connectivity index (χ0) is 13.1. The molecule has 1 aliphatic heterocycles. The maximum Gasteiger partial charge on any atom is 0.164 e. The van der Waals surface area contributed by atoms with E-state index < -0.39 is 0 Å². The van der Waals surface area contributed by atoms with Crippen molar-refractivity contribution < 1.29 is 0 Å². The van der Waals surface area contributed by atoms with Crippen molar-refractivity contribution in [3.05, 3.63) is 46.5 Å². The molecule has 1 aromatic heterocycles. The van der Waals surface area contributed by atoms with Gasteiger partial charge in [-0.05, 0) is 43.6 Å². The van der Waals surface area contributed by atoms with Gasteiger partial charge in [0.2, 0.25) is 0 Å². The number of likely N-dealkylation sites (tertiary alicyclic amines) is 1. The first-order chi connectivity index (χ1) is 9.29. The van der Waals surface area contributed by atoms with Gasteiger partial charge >= 0.3 is 0 Å². The Labute approximate surface area is 117 Å². The minimum Gasteiger partial charge on any atom is -0.296 e. The van der Waals surface area contributed by atoms with E-state index in [-0.39, 0.29) is 0 Å². The Morgan fingerprint density at radius 2 is 2.11 bits per heavy atom. The number of H-pyrrole nitrogens is 1. The molecular formula is C14H17ClN4. The summed E-state index contributed by atoms with van der Waals surface area (Å²) in [4.78, 5) is 6.94. The summed E-state index contributed by atoms with van der Waals surface area (Å²) in [5.74, 6) is 1.79. The topological polar surface area (TPSA) is 44.8 Å². The summed E-state index contributed by atoms with van der Waals surface area (Å²) in [5.41, 5.74) is 1.15. The molecule has 5 heteroatoms. The molecule has 100 valence electrons. The Morgan fingerprint density at radius 3 is 2.89 bits per heavy atom. The number of halogens is 1. The fourth-order valence-corrected chi connectivity index (χ4v) is 2.68. The van der Waals surface area contributed by atoms with E-state index in [4.69, 9.17) is 11.6 Å². The molecule has 1 saturated heterocycles. The van der Waals surface area contributed by atoms with Crippen LogP contribution in [-0.2, 0) is 13.0 Å². The predicted molar refractivity (Wildman–Crippen MR) is 75.2 cm³/mol. The van der Waals surface area contributed by atoms with Crippen molar-refractivity contribution >= 4 is 11.6 Å². The number of nitrogens with one attached hydrogen (secondary N) is 1. The van der Waals surface area contributed by atoms with Gasteiger partial charge < -0.3 is 0 Å². The summed E-state index contributed by atoms with van der Waals surface area (Å²) in [7, 11) is 0. The average molecular weight is 277 g/mol. The molecule has 3 rings (SSSR count).